The smallest absolute Gasteiger partial charge is 0.356 e. The van der Waals surface area contributed by atoms with Gasteiger partial charge < -0.3 is 18.8 Å². The van der Waals surface area contributed by atoms with Crippen molar-refractivity contribution in [2.24, 2.45) is 0 Å². The summed E-state index contributed by atoms with van der Waals surface area (Å²) in [5, 5.41) is 3.47. The van der Waals surface area contributed by atoms with E-state index in [2.05, 4.69) is 5.32 Å². The number of benzene rings is 3. The second-order valence-electron chi connectivity index (χ2n) is 11.1. The Labute approximate surface area is 285 Å². The van der Waals surface area contributed by atoms with E-state index in [1.165, 1.54) is 29.5 Å². The number of hydrogen-bond donors (Lipinski definition) is 1. The van der Waals surface area contributed by atoms with E-state index in [1.807, 2.05) is 30.5 Å². The molecule has 0 bridgehead atoms. The fraction of sp³-hybridized carbons (Fsp3) is 0.171. The Bertz CT molecular complexity index is 1920. The van der Waals surface area contributed by atoms with Crippen LogP contribution in [-0.4, -0.2) is 52.8 Å². The van der Waals surface area contributed by atoms with Gasteiger partial charge in [-0.15, -0.1) is 11.3 Å². The predicted molar refractivity (Wildman–Crippen MR) is 180 cm³/mol. The monoisotopic (exact) mass is 702 g/mol. The average molecular weight is 703 g/mol. The molecule has 0 radical (unpaired) electrons. The Morgan fingerprint density at radius 2 is 1.65 bits per heavy atom. The Kier molecular flexibility index (Phi) is 9.83. The van der Waals surface area contributed by atoms with Gasteiger partial charge >= 0.3 is 16.1 Å². The van der Waals surface area contributed by atoms with E-state index in [-0.39, 0.29) is 28.3 Å². The molecule has 4 aromatic rings. The normalized spacial score (nSPS) is 19.2. The third kappa shape index (κ3) is 7.09. The number of nitrogens with zero attached hydrogens (tertiary/aromatic N) is 1. The van der Waals surface area contributed by atoms with Gasteiger partial charge in [0, 0.05) is 10.5 Å². The zero-order valence-corrected chi connectivity index (χ0v) is 28.0. The van der Waals surface area contributed by atoms with Crippen molar-refractivity contribution >= 4 is 50.4 Å². The number of nitrogens with one attached hydrogen (secondary N) is 1. The Hall–Kier alpha value is -4.69. The van der Waals surface area contributed by atoms with Crippen LogP contribution in [0, 0.1) is 6.92 Å². The van der Waals surface area contributed by atoms with Gasteiger partial charge in [0.25, 0.3) is 5.91 Å². The average Bonchev–Trinajstić information content (AvgIpc) is 3.59. The first-order valence-corrected chi connectivity index (χ1v) is 18.5. The van der Waals surface area contributed by atoms with Gasteiger partial charge in [0.05, 0.1) is 6.42 Å². The number of rotatable bonds is 11. The lowest BCUT2D eigenvalue weighted by atomic mass is 10.0. The summed E-state index contributed by atoms with van der Waals surface area (Å²) in [5.74, 6) is -2.20. The summed E-state index contributed by atoms with van der Waals surface area (Å²) in [6.07, 6.45) is 1.26. The van der Waals surface area contributed by atoms with Crippen molar-refractivity contribution in [2.45, 2.75) is 35.8 Å². The predicted octanol–water partition coefficient (Wildman–Crippen LogP) is 4.52. The number of esters is 1. The van der Waals surface area contributed by atoms with Crippen molar-refractivity contribution in [2.75, 3.05) is 5.75 Å². The van der Waals surface area contributed by atoms with Crippen LogP contribution in [0.25, 0.3) is 0 Å². The molecule has 3 unspecified atom stereocenters. The zero-order chi connectivity index (χ0) is 33.8. The number of fused-ring (bicyclic) bond motifs is 1. The number of carbonyl (C=O) groups is 3. The molecular formula is C35H30N2O8S3. The molecule has 0 saturated carbocycles. The van der Waals surface area contributed by atoms with Crippen LogP contribution >= 0.6 is 11.3 Å². The fourth-order valence-corrected chi connectivity index (χ4v) is 8.54. The van der Waals surface area contributed by atoms with Crippen LogP contribution in [0.15, 0.2) is 131 Å². The van der Waals surface area contributed by atoms with Gasteiger partial charge in [-0.05, 0) is 58.9 Å². The van der Waals surface area contributed by atoms with Crippen molar-refractivity contribution in [3.63, 3.8) is 0 Å². The molecule has 1 aromatic heterocycles. The summed E-state index contributed by atoms with van der Waals surface area (Å²) < 4.78 is 50.4. The third-order valence-corrected chi connectivity index (χ3v) is 11.5. The molecule has 3 atom stereocenters. The van der Waals surface area contributed by atoms with E-state index in [0.717, 1.165) is 21.6 Å². The highest BCUT2D eigenvalue weighted by atomic mass is 32.2. The molecular weight excluding hydrogens is 673 g/mol. The molecule has 3 heterocycles. The van der Waals surface area contributed by atoms with Crippen molar-refractivity contribution in [1.82, 2.24) is 10.2 Å². The molecule has 13 heteroatoms. The van der Waals surface area contributed by atoms with Crippen LogP contribution < -0.4 is 5.32 Å². The molecule has 2 aliphatic heterocycles. The van der Waals surface area contributed by atoms with Crippen molar-refractivity contribution in [3.8, 4) is 0 Å². The minimum absolute atomic E-state index is 0.0438. The fourth-order valence-electron chi connectivity index (χ4n) is 5.41. The van der Waals surface area contributed by atoms with Crippen molar-refractivity contribution in [3.05, 3.63) is 148 Å². The molecule has 2 amide bonds. The minimum atomic E-state index is -4.21. The summed E-state index contributed by atoms with van der Waals surface area (Å²) >= 11 is -0.382. The molecule has 3 aromatic carbocycles. The molecule has 10 nitrogen and oxygen atoms in total. The standard InChI is InChI=1S/C35H30N2O8S3/c1-23-14-16-28(17-15-23)48(42,43)44-19-18-26-22-47(41)34-30(36-29(38)21-27-13-8-20-46-27)33(39)37(34)31(26)35(40)45-32(24-9-4-2-5-10-24)25-11-6-3-7-12-25/h2-20,30,32,34H,21-22H2,1H3,(H,36,38)/b19-18+. The highest BCUT2D eigenvalue weighted by molar-refractivity contribution is 7.92. The SMILES string of the molecule is Cc1ccc(S(=O)(=O)O/C=C/C2=C(C(=O)OC(c3ccccc3)c3ccccc3)N3C(=O)C(NC(=O)Cc4cccs4)C3[S+]([O-])C2)cc1. The summed E-state index contributed by atoms with van der Waals surface area (Å²) in [4.78, 5) is 42.3. The number of allylic oxidation sites excluding steroid dienone is 1. The van der Waals surface area contributed by atoms with E-state index in [4.69, 9.17) is 8.92 Å². The maximum absolute atomic E-state index is 14.1. The van der Waals surface area contributed by atoms with Crippen LogP contribution in [0.5, 0.6) is 0 Å². The lowest BCUT2D eigenvalue weighted by Gasteiger charge is -2.49. The number of carbonyl (C=O) groups excluding carboxylic acids is 3. The molecule has 1 N–H and O–H groups in total. The van der Waals surface area contributed by atoms with Gasteiger partial charge in [0.1, 0.15) is 22.6 Å². The van der Waals surface area contributed by atoms with Crippen LogP contribution in [0.3, 0.4) is 0 Å². The first-order valence-electron chi connectivity index (χ1n) is 14.8. The summed E-state index contributed by atoms with van der Waals surface area (Å²) in [7, 11) is -4.21. The summed E-state index contributed by atoms with van der Waals surface area (Å²) in [6.45, 7) is 1.82. The van der Waals surface area contributed by atoms with Gasteiger partial charge in [-0.2, -0.15) is 8.42 Å². The Morgan fingerprint density at radius 1 is 1.00 bits per heavy atom. The number of amides is 2. The van der Waals surface area contributed by atoms with Gasteiger partial charge in [-0.25, -0.2) is 4.79 Å². The minimum Gasteiger partial charge on any atom is -0.614 e. The molecule has 0 spiro atoms. The van der Waals surface area contributed by atoms with E-state index in [9.17, 15) is 27.4 Å². The van der Waals surface area contributed by atoms with Crippen molar-refractivity contribution in [1.29, 1.82) is 0 Å². The summed E-state index contributed by atoms with van der Waals surface area (Å²) in [5.41, 5.74) is 2.07. The maximum atomic E-state index is 14.1. The first-order chi connectivity index (χ1) is 23.1. The van der Waals surface area contributed by atoms with E-state index < -0.39 is 56.6 Å². The maximum Gasteiger partial charge on any atom is 0.356 e. The molecule has 48 heavy (non-hydrogen) atoms. The number of β-lactam (4-membered cyclic amide) rings is 1. The van der Waals surface area contributed by atoms with Gasteiger partial charge in [0.15, 0.2) is 12.1 Å². The molecule has 1 fully saturated rings. The van der Waals surface area contributed by atoms with E-state index in [1.54, 1.807) is 66.7 Å². The van der Waals surface area contributed by atoms with Crippen LogP contribution in [0.4, 0.5) is 0 Å². The molecule has 2 aliphatic rings. The largest absolute Gasteiger partial charge is 0.614 e. The molecule has 1 saturated heterocycles. The van der Waals surface area contributed by atoms with Gasteiger partial charge in [-0.1, -0.05) is 84.4 Å². The molecule has 246 valence electrons. The first kappa shape index (κ1) is 33.2. The van der Waals surface area contributed by atoms with Crippen LogP contribution in [0.1, 0.15) is 27.7 Å². The van der Waals surface area contributed by atoms with Crippen LogP contribution in [-0.2, 0) is 51.0 Å². The highest BCUT2D eigenvalue weighted by Crippen LogP contribution is 2.39. The second kappa shape index (κ2) is 14.2. The quantitative estimate of drug-likeness (QED) is 0.0791. The van der Waals surface area contributed by atoms with E-state index >= 15 is 0 Å². The lowest BCUT2D eigenvalue weighted by molar-refractivity contribution is -0.155. The number of ether oxygens (including phenoxy) is 1. The number of thiophene rings is 1. The molecule has 6 rings (SSSR count). The third-order valence-electron chi connectivity index (χ3n) is 7.77. The summed E-state index contributed by atoms with van der Waals surface area (Å²) in [6, 6.07) is 26.6. The van der Waals surface area contributed by atoms with E-state index in [0.29, 0.717) is 11.1 Å². The Balaban J connectivity index is 1.32. The molecule has 0 aliphatic carbocycles. The van der Waals surface area contributed by atoms with Crippen molar-refractivity contribution < 1.29 is 36.3 Å². The van der Waals surface area contributed by atoms with Crippen LogP contribution in [0.2, 0.25) is 0 Å². The second-order valence-corrected chi connectivity index (χ2v) is 15.2. The van der Waals surface area contributed by atoms with Gasteiger partial charge in [-0.3, -0.25) is 14.5 Å². The topological polar surface area (TPSA) is 142 Å². The number of hydrogen-bond acceptors (Lipinski definition) is 9. The van der Waals surface area contributed by atoms with Gasteiger partial charge in [0.2, 0.25) is 11.3 Å². The highest BCUT2D eigenvalue weighted by Gasteiger charge is 2.61. The lowest BCUT2D eigenvalue weighted by Crippen LogP contribution is -2.74. The Morgan fingerprint density at radius 3 is 2.25 bits per heavy atom. The zero-order valence-electron chi connectivity index (χ0n) is 25.6. The number of aryl methyl sites for hydroxylation is 1.